The Balaban J connectivity index is 2.35. The first-order valence-electron chi connectivity index (χ1n) is 5.36. The number of aryl methyl sites for hydroxylation is 1. The molecule has 2 rings (SSSR count). The number of nitrogens with zero attached hydrogens (tertiary/aromatic N) is 1. The topological polar surface area (TPSA) is 50.9 Å². The molecule has 0 aliphatic heterocycles. The maximum Gasteiger partial charge on any atom is 0.140 e. The molecule has 92 valence electrons. The van der Waals surface area contributed by atoms with Crippen molar-refractivity contribution in [3.8, 4) is 0 Å². The summed E-state index contributed by atoms with van der Waals surface area (Å²) in [4.78, 5) is 4.76. The number of aromatic nitrogens is 1. The Labute approximate surface area is 120 Å². The Kier molecular flexibility index (Phi) is 3.93. The van der Waals surface area contributed by atoms with Crippen LogP contribution in [0, 0.1) is 6.92 Å². The van der Waals surface area contributed by atoms with E-state index in [1.165, 1.54) is 0 Å². The van der Waals surface area contributed by atoms with Crippen LogP contribution in [-0.2, 0) is 0 Å². The van der Waals surface area contributed by atoms with Gasteiger partial charge >= 0.3 is 0 Å². The SMILES string of the molecule is Cc1ccc(C(N)=S)c(Nc2ccc(Br)cc2)n1. The monoisotopic (exact) mass is 321 g/mol. The van der Waals surface area contributed by atoms with Crippen LogP contribution >= 0.6 is 28.1 Å². The number of pyridine rings is 1. The van der Waals surface area contributed by atoms with Gasteiger partial charge in [-0.1, -0.05) is 28.1 Å². The predicted octanol–water partition coefficient (Wildman–Crippen LogP) is 3.53. The van der Waals surface area contributed by atoms with Crippen LogP contribution in [0.1, 0.15) is 11.3 Å². The smallest absolute Gasteiger partial charge is 0.140 e. The maximum atomic E-state index is 5.69. The minimum Gasteiger partial charge on any atom is -0.389 e. The molecule has 5 heteroatoms. The van der Waals surface area contributed by atoms with Gasteiger partial charge in [-0.15, -0.1) is 0 Å². The van der Waals surface area contributed by atoms with Crippen molar-refractivity contribution < 1.29 is 0 Å². The average molecular weight is 322 g/mol. The lowest BCUT2D eigenvalue weighted by Crippen LogP contribution is -2.13. The minimum absolute atomic E-state index is 0.335. The molecule has 1 heterocycles. The summed E-state index contributed by atoms with van der Waals surface area (Å²) < 4.78 is 1.03. The fourth-order valence-corrected chi connectivity index (χ4v) is 1.95. The molecular formula is C13H12BrN3S. The van der Waals surface area contributed by atoms with Crippen molar-refractivity contribution in [1.82, 2.24) is 4.98 Å². The standard InChI is InChI=1S/C13H12BrN3S/c1-8-2-7-11(12(15)18)13(16-8)17-10-5-3-9(14)4-6-10/h2-7H,1H3,(H2,15,18)(H,16,17). The molecule has 0 saturated heterocycles. The summed E-state index contributed by atoms with van der Waals surface area (Å²) in [7, 11) is 0. The average Bonchev–Trinajstić information content (AvgIpc) is 2.32. The van der Waals surface area contributed by atoms with Crippen LogP contribution in [0.25, 0.3) is 0 Å². The second-order valence-electron chi connectivity index (χ2n) is 3.84. The Hall–Kier alpha value is -1.46. The van der Waals surface area contributed by atoms with E-state index >= 15 is 0 Å². The van der Waals surface area contributed by atoms with Crippen molar-refractivity contribution in [2.45, 2.75) is 6.92 Å². The Morgan fingerprint density at radius 1 is 1.22 bits per heavy atom. The van der Waals surface area contributed by atoms with Crippen molar-refractivity contribution in [2.75, 3.05) is 5.32 Å². The molecule has 0 atom stereocenters. The number of benzene rings is 1. The molecule has 0 radical (unpaired) electrons. The number of rotatable bonds is 3. The molecule has 0 aliphatic carbocycles. The summed E-state index contributed by atoms with van der Waals surface area (Å²) in [6.45, 7) is 1.93. The summed E-state index contributed by atoms with van der Waals surface area (Å²) in [6.07, 6.45) is 0. The second kappa shape index (κ2) is 5.46. The van der Waals surface area contributed by atoms with Crippen LogP contribution in [0.3, 0.4) is 0 Å². The number of nitrogens with two attached hydrogens (primary N) is 1. The highest BCUT2D eigenvalue weighted by molar-refractivity contribution is 9.10. The highest BCUT2D eigenvalue weighted by Gasteiger charge is 2.07. The first kappa shape index (κ1) is 13.0. The first-order chi connectivity index (χ1) is 8.56. The molecule has 2 aromatic rings. The lowest BCUT2D eigenvalue weighted by molar-refractivity contribution is 1.19. The summed E-state index contributed by atoms with van der Waals surface area (Å²) in [5.74, 6) is 0.685. The molecule has 0 amide bonds. The van der Waals surface area contributed by atoms with Gasteiger partial charge in [-0.25, -0.2) is 4.98 Å². The first-order valence-corrected chi connectivity index (χ1v) is 6.56. The zero-order valence-corrected chi connectivity index (χ0v) is 12.2. The molecule has 0 aliphatic rings. The number of halogens is 1. The van der Waals surface area contributed by atoms with Crippen LogP contribution in [0.2, 0.25) is 0 Å². The van der Waals surface area contributed by atoms with E-state index in [9.17, 15) is 0 Å². The van der Waals surface area contributed by atoms with E-state index in [0.717, 1.165) is 21.4 Å². The summed E-state index contributed by atoms with van der Waals surface area (Å²) in [6, 6.07) is 11.6. The molecule has 0 bridgehead atoms. The number of anilines is 2. The van der Waals surface area contributed by atoms with E-state index in [0.29, 0.717) is 10.8 Å². The number of hydrogen-bond donors (Lipinski definition) is 2. The third-order valence-corrected chi connectivity index (χ3v) is 3.16. The molecule has 3 N–H and O–H groups in total. The van der Waals surface area contributed by atoms with E-state index in [1.807, 2.05) is 43.3 Å². The maximum absolute atomic E-state index is 5.69. The molecular weight excluding hydrogens is 310 g/mol. The highest BCUT2D eigenvalue weighted by atomic mass is 79.9. The Morgan fingerprint density at radius 2 is 1.89 bits per heavy atom. The van der Waals surface area contributed by atoms with Crippen molar-refractivity contribution in [3.05, 3.63) is 52.1 Å². The van der Waals surface area contributed by atoms with Gasteiger partial charge in [0.15, 0.2) is 0 Å². The molecule has 3 nitrogen and oxygen atoms in total. The predicted molar refractivity (Wildman–Crippen MR) is 82.3 cm³/mol. The van der Waals surface area contributed by atoms with Crippen LogP contribution < -0.4 is 11.1 Å². The molecule has 0 fully saturated rings. The van der Waals surface area contributed by atoms with Gasteiger partial charge in [-0.2, -0.15) is 0 Å². The van der Waals surface area contributed by atoms with Crippen molar-refractivity contribution in [2.24, 2.45) is 5.73 Å². The van der Waals surface area contributed by atoms with Crippen LogP contribution in [0.5, 0.6) is 0 Å². The zero-order chi connectivity index (χ0) is 13.1. The van der Waals surface area contributed by atoms with Gasteiger partial charge < -0.3 is 11.1 Å². The van der Waals surface area contributed by atoms with E-state index in [4.69, 9.17) is 18.0 Å². The summed E-state index contributed by atoms with van der Waals surface area (Å²) >= 11 is 8.42. The largest absolute Gasteiger partial charge is 0.389 e. The second-order valence-corrected chi connectivity index (χ2v) is 5.20. The zero-order valence-electron chi connectivity index (χ0n) is 9.77. The number of hydrogen-bond acceptors (Lipinski definition) is 3. The van der Waals surface area contributed by atoms with E-state index in [-0.39, 0.29) is 0 Å². The number of thiocarbonyl (C=S) groups is 1. The molecule has 18 heavy (non-hydrogen) atoms. The highest BCUT2D eigenvalue weighted by Crippen LogP contribution is 2.21. The van der Waals surface area contributed by atoms with Crippen molar-refractivity contribution in [1.29, 1.82) is 0 Å². The molecule has 0 spiro atoms. The van der Waals surface area contributed by atoms with Crippen molar-refractivity contribution in [3.63, 3.8) is 0 Å². The van der Waals surface area contributed by atoms with Crippen molar-refractivity contribution >= 4 is 44.6 Å². The third kappa shape index (κ3) is 3.05. The molecule has 1 aromatic carbocycles. The van der Waals surface area contributed by atoms with Crippen LogP contribution in [-0.4, -0.2) is 9.97 Å². The third-order valence-electron chi connectivity index (χ3n) is 2.41. The fraction of sp³-hybridized carbons (Fsp3) is 0.0769. The normalized spacial score (nSPS) is 10.1. The van der Waals surface area contributed by atoms with Gasteiger partial charge in [-0.05, 0) is 43.3 Å². The van der Waals surface area contributed by atoms with Crippen LogP contribution in [0.15, 0.2) is 40.9 Å². The van der Waals surface area contributed by atoms with Gasteiger partial charge in [0.2, 0.25) is 0 Å². The Bertz CT molecular complexity index is 581. The minimum atomic E-state index is 0.335. The van der Waals surface area contributed by atoms with Gasteiger partial charge in [0.05, 0.1) is 5.56 Å². The van der Waals surface area contributed by atoms with Gasteiger partial charge in [0.25, 0.3) is 0 Å². The summed E-state index contributed by atoms with van der Waals surface area (Å²) in [5, 5.41) is 3.22. The number of nitrogens with one attached hydrogen (secondary N) is 1. The quantitative estimate of drug-likeness (QED) is 0.849. The fourth-order valence-electron chi connectivity index (χ4n) is 1.52. The lowest BCUT2D eigenvalue weighted by atomic mass is 10.2. The molecule has 1 aromatic heterocycles. The molecule has 0 unspecified atom stereocenters. The van der Waals surface area contributed by atoms with E-state index in [1.54, 1.807) is 0 Å². The lowest BCUT2D eigenvalue weighted by Gasteiger charge is -2.11. The van der Waals surface area contributed by atoms with Gasteiger partial charge in [0, 0.05) is 15.9 Å². The van der Waals surface area contributed by atoms with Gasteiger partial charge in [-0.3, -0.25) is 0 Å². The summed E-state index contributed by atoms with van der Waals surface area (Å²) in [5.41, 5.74) is 8.29. The van der Waals surface area contributed by atoms with E-state index < -0.39 is 0 Å². The molecule has 0 saturated carbocycles. The van der Waals surface area contributed by atoms with E-state index in [2.05, 4.69) is 26.2 Å². The Morgan fingerprint density at radius 3 is 2.50 bits per heavy atom. The van der Waals surface area contributed by atoms with Gasteiger partial charge in [0.1, 0.15) is 10.8 Å². The van der Waals surface area contributed by atoms with Crippen LogP contribution in [0.4, 0.5) is 11.5 Å².